The normalized spacial score (nSPS) is 15.4. The van der Waals surface area contributed by atoms with E-state index in [4.69, 9.17) is 5.11 Å². The lowest BCUT2D eigenvalue weighted by Crippen LogP contribution is -2.48. The number of rotatable bonds is 6. The third-order valence-corrected chi connectivity index (χ3v) is 5.80. The van der Waals surface area contributed by atoms with Crippen molar-refractivity contribution in [2.24, 2.45) is 0 Å². The monoisotopic (exact) mass is 392 g/mol. The highest BCUT2D eigenvalue weighted by atomic mass is 16.3. The highest BCUT2D eigenvalue weighted by Gasteiger charge is 2.21. The number of benzene rings is 1. The maximum Gasteiger partial charge on any atom is 0.188 e. The molecule has 4 rings (SSSR count). The summed E-state index contributed by atoms with van der Waals surface area (Å²) in [4.78, 5) is 21.2. The first-order valence-corrected chi connectivity index (χ1v) is 10.2. The van der Waals surface area contributed by atoms with Gasteiger partial charge in [-0.1, -0.05) is 24.3 Å². The number of aromatic nitrogens is 2. The van der Waals surface area contributed by atoms with Crippen molar-refractivity contribution in [1.82, 2.24) is 14.5 Å². The highest BCUT2D eigenvalue weighted by Crippen LogP contribution is 2.28. The molecular formula is C23H28N4O2. The Morgan fingerprint density at radius 3 is 2.45 bits per heavy atom. The van der Waals surface area contributed by atoms with Crippen LogP contribution in [0.3, 0.4) is 0 Å². The van der Waals surface area contributed by atoms with Crippen molar-refractivity contribution >= 4 is 22.5 Å². The van der Waals surface area contributed by atoms with Crippen LogP contribution in [-0.4, -0.2) is 64.2 Å². The van der Waals surface area contributed by atoms with Gasteiger partial charge in [-0.15, -0.1) is 0 Å². The Bertz CT molecular complexity index is 986. The Morgan fingerprint density at radius 1 is 1.07 bits per heavy atom. The third-order valence-electron chi connectivity index (χ3n) is 5.80. The SMILES string of the molecule is CC(C)N1CCN(c2ccnc3c2ccn3Cc2ccc(C(=O)CO)cc2)CC1. The van der Waals surface area contributed by atoms with Crippen LogP contribution in [0.2, 0.25) is 0 Å². The summed E-state index contributed by atoms with van der Waals surface area (Å²) in [5.74, 6) is -0.258. The first-order valence-electron chi connectivity index (χ1n) is 10.2. The molecule has 2 aromatic heterocycles. The molecule has 29 heavy (non-hydrogen) atoms. The molecule has 3 aromatic rings. The zero-order valence-corrected chi connectivity index (χ0v) is 17.1. The minimum absolute atomic E-state index is 0.258. The van der Waals surface area contributed by atoms with Crippen LogP contribution in [-0.2, 0) is 6.54 Å². The van der Waals surface area contributed by atoms with Gasteiger partial charge in [-0.3, -0.25) is 9.69 Å². The highest BCUT2D eigenvalue weighted by molar-refractivity contribution is 5.96. The molecule has 1 aromatic carbocycles. The fraction of sp³-hybridized carbons (Fsp3) is 0.391. The lowest BCUT2D eigenvalue weighted by Gasteiger charge is -2.38. The van der Waals surface area contributed by atoms with Gasteiger partial charge in [-0.25, -0.2) is 4.98 Å². The fourth-order valence-corrected chi connectivity index (χ4v) is 4.04. The molecule has 0 radical (unpaired) electrons. The van der Waals surface area contributed by atoms with E-state index >= 15 is 0 Å². The number of hydrogen-bond acceptors (Lipinski definition) is 5. The maximum atomic E-state index is 11.6. The lowest BCUT2D eigenvalue weighted by molar-refractivity contribution is 0.0903. The number of carbonyl (C=O) groups excluding carboxylic acids is 1. The molecule has 0 atom stereocenters. The molecule has 1 aliphatic heterocycles. The molecule has 0 unspecified atom stereocenters. The second kappa shape index (κ2) is 8.35. The van der Waals surface area contributed by atoms with Gasteiger partial charge < -0.3 is 14.6 Å². The summed E-state index contributed by atoms with van der Waals surface area (Å²) in [5, 5.41) is 10.2. The van der Waals surface area contributed by atoms with E-state index in [2.05, 4.69) is 51.5 Å². The van der Waals surface area contributed by atoms with E-state index in [1.54, 1.807) is 12.1 Å². The van der Waals surface area contributed by atoms with Crippen molar-refractivity contribution in [3.8, 4) is 0 Å². The minimum Gasteiger partial charge on any atom is -0.388 e. The van der Waals surface area contributed by atoms with Crippen molar-refractivity contribution in [2.75, 3.05) is 37.7 Å². The second-order valence-corrected chi connectivity index (χ2v) is 7.91. The molecule has 1 N–H and O–H groups in total. The van der Waals surface area contributed by atoms with Crippen molar-refractivity contribution in [1.29, 1.82) is 0 Å². The molecule has 0 aliphatic carbocycles. The first-order chi connectivity index (χ1) is 14.1. The van der Waals surface area contributed by atoms with Crippen LogP contribution >= 0.6 is 0 Å². The van der Waals surface area contributed by atoms with E-state index in [0.29, 0.717) is 18.2 Å². The number of pyridine rings is 1. The zero-order chi connectivity index (χ0) is 20.4. The number of nitrogens with zero attached hydrogens (tertiary/aromatic N) is 4. The van der Waals surface area contributed by atoms with Crippen LogP contribution in [0, 0.1) is 0 Å². The predicted molar refractivity (Wildman–Crippen MR) is 116 cm³/mol. The fourth-order valence-electron chi connectivity index (χ4n) is 4.04. The van der Waals surface area contributed by atoms with Gasteiger partial charge in [0.25, 0.3) is 0 Å². The summed E-state index contributed by atoms with van der Waals surface area (Å²) in [6.45, 7) is 8.97. The summed E-state index contributed by atoms with van der Waals surface area (Å²) in [5.41, 5.74) is 3.86. The van der Waals surface area contributed by atoms with E-state index in [0.717, 1.165) is 37.4 Å². The molecule has 3 heterocycles. The zero-order valence-electron chi connectivity index (χ0n) is 17.1. The van der Waals surface area contributed by atoms with Crippen LogP contribution in [0.1, 0.15) is 29.8 Å². The molecule has 0 bridgehead atoms. The van der Waals surface area contributed by atoms with Gasteiger partial charge in [0.1, 0.15) is 12.3 Å². The molecule has 0 amide bonds. The molecule has 0 saturated carbocycles. The summed E-state index contributed by atoms with van der Waals surface area (Å²) in [7, 11) is 0. The average Bonchev–Trinajstić information content (AvgIpc) is 3.16. The molecule has 1 saturated heterocycles. The first kappa shape index (κ1) is 19.6. The number of hydrogen-bond donors (Lipinski definition) is 1. The number of carbonyl (C=O) groups is 1. The van der Waals surface area contributed by atoms with Gasteiger partial charge in [0, 0.05) is 67.8 Å². The topological polar surface area (TPSA) is 61.6 Å². The van der Waals surface area contributed by atoms with Crippen LogP contribution < -0.4 is 4.90 Å². The van der Waals surface area contributed by atoms with Crippen LogP contribution in [0.15, 0.2) is 48.8 Å². The van der Waals surface area contributed by atoms with Crippen molar-refractivity contribution in [3.05, 3.63) is 59.9 Å². The van der Waals surface area contributed by atoms with Crippen molar-refractivity contribution in [2.45, 2.75) is 26.4 Å². The van der Waals surface area contributed by atoms with E-state index in [9.17, 15) is 4.79 Å². The lowest BCUT2D eigenvalue weighted by atomic mass is 10.1. The summed E-state index contributed by atoms with van der Waals surface area (Å²) >= 11 is 0. The third kappa shape index (κ3) is 4.04. The van der Waals surface area contributed by atoms with Crippen LogP contribution in [0.5, 0.6) is 0 Å². The number of Topliss-reactive ketones (excluding diaryl/α,β-unsaturated/α-hetero) is 1. The van der Waals surface area contributed by atoms with Gasteiger partial charge >= 0.3 is 0 Å². The van der Waals surface area contributed by atoms with Gasteiger partial charge in [-0.2, -0.15) is 0 Å². The molecule has 6 heteroatoms. The van der Waals surface area contributed by atoms with Crippen LogP contribution in [0.4, 0.5) is 5.69 Å². The Morgan fingerprint density at radius 2 is 1.79 bits per heavy atom. The molecule has 1 fully saturated rings. The quantitative estimate of drug-likeness (QED) is 0.654. The standard InChI is InChI=1S/C23H28N4O2/c1-17(2)25-11-13-26(14-12-25)21-7-9-24-23-20(21)8-10-27(23)15-18-3-5-19(6-4-18)22(29)16-28/h3-10,17,28H,11-16H2,1-2H3. The van der Waals surface area contributed by atoms with Gasteiger partial charge in [0.05, 0.1) is 0 Å². The number of piperazine rings is 1. The van der Waals surface area contributed by atoms with Crippen LogP contribution in [0.25, 0.3) is 11.0 Å². The Labute approximate surface area is 171 Å². The van der Waals surface area contributed by atoms with E-state index < -0.39 is 6.61 Å². The predicted octanol–water partition coefficient (Wildman–Crippen LogP) is 2.79. The molecule has 152 valence electrons. The summed E-state index contributed by atoms with van der Waals surface area (Å²) in [6.07, 6.45) is 3.98. The van der Waals surface area contributed by atoms with E-state index in [1.165, 1.54) is 11.1 Å². The number of aliphatic hydroxyl groups is 1. The van der Waals surface area contributed by atoms with Gasteiger partial charge in [0.15, 0.2) is 5.78 Å². The van der Waals surface area contributed by atoms with Gasteiger partial charge in [-0.05, 0) is 31.5 Å². The van der Waals surface area contributed by atoms with Crippen molar-refractivity contribution in [3.63, 3.8) is 0 Å². The Balaban J connectivity index is 1.54. The smallest absolute Gasteiger partial charge is 0.188 e. The summed E-state index contributed by atoms with van der Waals surface area (Å²) < 4.78 is 2.14. The molecule has 0 spiro atoms. The number of ketones is 1. The largest absolute Gasteiger partial charge is 0.388 e. The van der Waals surface area contributed by atoms with E-state index in [1.807, 2.05) is 18.3 Å². The summed E-state index contributed by atoms with van der Waals surface area (Å²) in [6, 6.07) is 12.3. The van der Waals surface area contributed by atoms with Gasteiger partial charge in [0.2, 0.25) is 0 Å². The average molecular weight is 393 g/mol. The Kier molecular flexibility index (Phi) is 5.65. The number of aliphatic hydroxyl groups excluding tert-OH is 1. The number of fused-ring (bicyclic) bond motifs is 1. The molecule has 6 nitrogen and oxygen atoms in total. The van der Waals surface area contributed by atoms with E-state index in [-0.39, 0.29) is 5.78 Å². The van der Waals surface area contributed by atoms with Crippen molar-refractivity contribution < 1.29 is 9.90 Å². The Hall–Kier alpha value is -2.70. The number of anilines is 1. The molecular weight excluding hydrogens is 364 g/mol. The minimum atomic E-state index is -0.459. The maximum absolute atomic E-state index is 11.6. The second-order valence-electron chi connectivity index (χ2n) is 7.91. The molecule has 1 aliphatic rings.